The van der Waals surface area contributed by atoms with E-state index in [2.05, 4.69) is 13.8 Å². The Morgan fingerprint density at radius 3 is 2.59 bits per heavy atom. The Balaban J connectivity index is 1.74. The average molecular weight is 378 g/mol. The van der Waals surface area contributed by atoms with Crippen LogP contribution < -0.4 is 10.5 Å². The maximum absolute atomic E-state index is 10.3. The van der Waals surface area contributed by atoms with Crippen molar-refractivity contribution in [3.8, 4) is 11.5 Å². The highest BCUT2D eigenvalue weighted by molar-refractivity contribution is 5.39. The summed E-state index contributed by atoms with van der Waals surface area (Å²) in [5, 5.41) is 20.0. The number of benzene rings is 1. The van der Waals surface area contributed by atoms with Gasteiger partial charge in [0.25, 0.3) is 0 Å². The standard InChI is InChI=1S/C23H39NO3/c1-18(2)7-4-3-5-14-27-21-11-10-20(22(26)15-21)12-13-23(24,17-25)16-19-8-6-9-19/h10-11,15,18-19,25-26H,3-9,12-14,16-17,24H2,1-2H3/t23-/m0/s1. The lowest BCUT2D eigenvalue weighted by Crippen LogP contribution is -2.46. The number of phenols is 1. The maximum atomic E-state index is 10.3. The van der Waals surface area contributed by atoms with E-state index < -0.39 is 5.54 Å². The Morgan fingerprint density at radius 2 is 2.00 bits per heavy atom. The molecule has 1 aromatic rings. The van der Waals surface area contributed by atoms with Crippen molar-refractivity contribution >= 4 is 0 Å². The van der Waals surface area contributed by atoms with Crippen LogP contribution in [-0.2, 0) is 6.42 Å². The summed E-state index contributed by atoms with van der Waals surface area (Å²) < 4.78 is 5.77. The maximum Gasteiger partial charge on any atom is 0.122 e. The van der Waals surface area contributed by atoms with Crippen LogP contribution in [0.15, 0.2) is 18.2 Å². The van der Waals surface area contributed by atoms with Gasteiger partial charge in [0.15, 0.2) is 0 Å². The van der Waals surface area contributed by atoms with E-state index in [9.17, 15) is 10.2 Å². The lowest BCUT2D eigenvalue weighted by molar-refractivity contribution is 0.135. The van der Waals surface area contributed by atoms with Gasteiger partial charge in [-0.15, -0.1) is 0 Å². The van der Waals surface area contributed by atoms with Crippen LogP contribution in [-0.4, -0.2) is 29.0 Å². The predicted octanol–water partition coefficient (Wildman–Crippen LogP) is 4.80. The molecule has 0 saturated heterocycles. The van der Waals surface area contributed by atoms with E-state index in [1.165, 1.54) is 38.5 Å². The molecule has 1 saturated carbocycles. The molecule has 0 spiro atoms. The summed E-state index contributed by atoms with van der Waals surface area (Å²) in [4.78, 5) is 0. The van der Waals surface area contributed by atoms with Gasteiger partial charge in [-0.05, 0) is 49.1 Å². The molecule has 154 valence electrons. The monoisotopic (exact) mass is 377 g/mol. The van der Waals surface area contributed by atoms with E-state index in [-0.39, 0.29) is 12.4 Å². The van der Waals surface area contributed by atoms with Crippen molar-refractivity contribution in [1.29, 1.82) is 0 Å². The number of rotatable bonds is 13. The van der Waals surface area contributed by atoms with Crippen LogP contribution in [0.1, 0.15) is 77.2 Å². The lowest BCUT2D eigenvalue weighted by atomic mass is 9.75. The number of nitrogens with two attached hydrogens (primary N) is 1. The molecule has 27 heavy (non-hydrogen) atoms. The highest BCUT2D eigenvalue weighted by Crippen LogP contribution is 2.35. The van der Waals surface area contributed by atoms with Gasteiger partial charge in [0.2, 0.25) is 0 Å². The van der Waals surface area contributed by atoms with Crippen molar-refractivity contribution in [1.82, 2.24) is 0 Å². The molecule has 1 aliphatic rings. The Labute approximate surface area is 165 Å². The van der Waals surface area contributed by atoms with Gasteiger partial charge in [0, 0.05) is 11.6 Å². The van der Waals surface area contributed by atoms with Crippen LogP contribution in [0.2, 0.25) is 0 Å². The number of hydrogen-bond acceptors (Lipinski definition) is 4. The van der Waals surface area contributed by atoms with Crippen LogP contribution in [0, 0.1) is 11.8 Å². The highest BCUT2D eigenvalue weighted by Gasteiger charge is 2.31. The fraction of sp³-hybridized carbons (Fsp3) is 0.739. The van der Waals surface area contributed by atoms with E-state index in [4.69, 9.17) is 10.5 Å². The van der Waals surface area contributed by atoms with Gasteiger partial charge in [-0.25, -0.2) is 0 Å². The molecule has 1 atom stereocenters. The van der Waals surface area contributed by atoms with Crippen molar-refractivity contribution in [2.75, 3.05) is 13.2 Å². The van der Waals surface area contributed by atoms with E-state index >= 15 is 0 Å². The molecule has 4 N–H and O–H groups in total. The van der Waals surface area contributed by atoms with Crippen molar-refractivity contribution < 1.29 is 14.9 Å². The molecule has 1 aromatic carbocycles. The lowest BCUT2D eigenvalue weighted by Gasteiger charge is -2.35. The minimum atomic E-state index is -0.539. The molecular weight excluding hydrogens is 338 g/mol. The van der Waals surface area contributed by atoms with Gasteiger partial charge in [0.1, 0.15) is 11.5 Å². The smallest absolute Gasteiger partial charge is 0.122 e. The zero-order valence-electron chi connectivity index (χ0n) is 17.3. The minimum absolute atomic E-state index is 0.00225. The third kappa shape index (κ3) is 7.71. The fourth-order valence-corrected chi connectivity index (χ4v) is 3.77. The van der Waals surface area contributed by atoms with Crippen molar-refractivity contribution in [3.63, 3.8) is 0 Å². The summed E-state index contributed by atoms with van der Waals surface area (Å²) in [7, 11) is 0. The quantitative estimate of drug-likeness (QED) is 0.432. The molecule has 0 unspecified atom stereocenters. The summed E-state index contributed by atoms with van der Waals surface area (Å²) >= 11 is 0. The SMILES string of the molecule is CC(C)CCCCCOc1ccc(CC[C@@](N)(CO)CC2CCC2)c(O)c1. The number of aryl methyl sites for hydroxylation is 1. The minimum Gasteiger partial charge on any atom is -0.508 e. The van der Waals surface area contributed by atoms with Crippen LogP contribution in [0.4, 0.5) is 0 Å². The van der Waals surface area contributed by atoms with E-state index in [1.54, 1.807) is 6.07 Å². The van der Waals surface area contributed by atoms with Gasteiger partial charge in [-0.3, -0.25) is 0 Å². The Bertz CT molecular complexity index is 557. The third-order valence-corrected chi connectivity index (χ3v) is 5.88. The largest absolute Gasteiger partial charge is 0.508 e. The molecule has 1 aliphatic carbocycles. The number of aliphatic hydroxyl groups excluding tert-OH is 1. The van der Waals surface area contributed by atoms with Gasteiger partial charge < -0.3 is 20.7 Å². The summed E-state index contributed by atoms with van der Waals surface area (Å²) in [5.74, 6) is 2.40. The van der Waals surface area contributed by atoms with Crippen molar-refractivity contribution in [2.45, 2.75) is 83.6 Å². The summed E-state index contributed by atoms with van der Waals surface area (Å²) in [6.07, 6.45) is 10.7. The molecule has 4 nitrogen and oxygen atoms in total. The molecule has 0 bridgehead atoms. The Kier molecular flexibility index (Phi) is 8.91. The molecule has 1 fully saturated rings. The highest BCUT2D eigenvalue weighted by atomic mass is 16.5. The summed E-state index contributed by atoms with van der Waals surface area (Å²) in [6.45, 7) is 5.20. The molecule has 0 aliphatic heterocycles. The molecule has 0 heterocycles. The summed E-state index contributed by atoms with van der Waals surface area (Å²) in [6, 6.07) is 5.54. The van der Waals surface area contributed by atoms with Crippen LogP contribution in [0.5, 0.6) is 11.5 Å². The third-order valence-electron chi connectivity index (χ3n) is 5.88. The number of unbranched alkanes of at least 4 members (excludes halogenated alkanes) is 2. The zero-order valence-corrected chi connectivity index (χ0v) is 17.3. The Morgan fingerprint density at radius 1 is 1.22 bits per heavy atom. The molecule has 0 amide bonds. The van der Waals surface area contributed by atoms with Crippen LogP contribution in [0.3, 0.4) is 0 Å². The second-order valence-electron chi connectivity index (χ2n) is 8.90. The molecule has 0 radical (unpaired) electrons. The molecule has 2 rings (SSSR count). The van der Waals surface area contributed by atoms with E-state index in [1.807, 2.05) is 12.1 Å². The second kappa shape index (κ2) is 10.9. The average Bonchev–Trinajstić information content (AvgIpc) is 2.60. The first-order valence-corrected chi connectivity index (χ1v) is 10.8. The Hall–Kier alpha value is -1.26. The number of aromatic hydroxyl groups is 1. The van der Waals surface area contributed by atoms with Crippen molar-refractivity contribution in [3.05, 3.63) is 23.8 Å². The number of phenolic OH excluding ortho intramolecular Hbond substituents is 1. The van der Waals surface area contributed by atoms with Crippen LogP contribution >= 0.6 is 0 Å². The first-order valence-electron chi connectivity index (χ1n) is 10.8. The van der Waals surface area contributed by atoms with Crippen LogP contribution in [0.25, 0.3) is 0 Å². The van der Waals surface area contributed by atoms with Crippen molar-refractivity contribution in [2.24, 2.45) is 17.6 Å². The molecular formula is C23H39NO3. The summed E-state index contributed by atoms with van der Waals surface area (Å²) in [5.41, 5.74) is 6.74. The van der Waals surface area contributed by atoms with Gasteiger partial charge in [-0.1, -0.05) is 58.4 Å². The molecule has 4 heteroatoms. The molecule has 0 aromatic heterocycles. The van der Waals surface area contributed by atoms with E-state index in [0.717, 1.165) is 30.1 Å². The van der Waals surface area contributed by atoms with Gasteiger partial charge in [0.05, 0.1) is 13.2 Å². The second-order valence-corrected chi connectivity index (χ2v) is 8.90. The first kappa shape index (κ1) is 22.0. The van der Waals surface area contributed by atoms with E-state index in [0.29, 0.717) is 25.4 Å². The zero-order chi connectivity index (χ0) is 19.7. The first-order chi connectivity index (χ1) is 12.9. The predicted molar refractivity (Wildman–Crippen MR) is 111 cm³/mol. The normalized spacial score (nSPS) is 16.9. The van der Waals surface area contributed by atoms with Gasteiger partial charge in [-0.2, -0.15) is 0 Å². The fourth-order valence-electron chi connectivity index (χ4n) is 3.77. The topological polar surface area (TPSA) is 75.7 Å². The number of hydrogen-bond donors (Lipinski definition) is 3. The number of aliphatic hydroxyl groups is 1. The van der Waals surface area contributed by atoms with Gasteiger partial charge >= 0.3 is 0 Å². The number of ether oxygens (including phenoxy) is 1.